The van der Waals surface area contributed by atoms with Crippen LogP contribution >= 0.6 is 15.9 Å². The van der Waals surface area contributed by atoms with Crippen molar-refractivity contribution < 1.29 is 23.4 Å². The lowest BCUT2D eigenvalue weighted by atomic mass is 10.1. The fourth-order valence-corrected chi connectivity index (χ4v) is 5.88. The third kappa shape index (κ3) is 7.18. The molecular weight excluding hydrogens is 643 g/mol. The highest BCUT2D eigenvalue weighted by molar-refractivity contribution is 9.10. The number of esters is 1. The molecule has 6 rings (SSSR count). The van der Waals surface area contributed by atoms with Crippen LogP contribution in [-0.2, 0) is 31.0 Å². The molecule has 3 aromatic heterocycles. The molecule has 234 valence electrons. The van der Waals surface area contributed by atoms with Crippen LogP contribution in [-0.4, -0.2) is 61.3 Å². The number of methoxy groups -OCH3 is 1. The molecule has 45 heavy (non-hydrogen) atoms. The predicted octanol–water partition coefficient (Wildman–Crippen LogP) is 6.01. The van der Waals surface area contributed by atoms with E-state index in [-0.39, 0.29) is 24.4 Å². The van der Waals surface area contributed by atoms with Gasteiger partial charge >= 0.3 is 5.97 Å². The van der Waals surface area contributed by atoms with Crippen molar-refractivity contribution in [2.75, 3.05) is 20.2 Å². The van der Waals surface area contributed by atoms with Crippen LogP contribution in [0.5, 0.6) is 11.6 Å². The van der Waals surface area contributed by atoms with Crippen LogP contribution in [0, 0.1) is 5.82 Å². The summed E-state index contributed by atoms with van der Waals surface area (Å²) in [5.41, 5.74) is 3.93. The number of pyridine rings is 1. The highest BCUT2D eigenvalue weighted by Gasteiger charge is 2.24. The fraction of sp³-hybridized carbons (Fsp3) is 0.333. The van der Waals surface area contributed by atoms with Gasteiger partial charge in [-0.25, -0.2) is 24.1 Å². The van der Waals surface area contributed by atoms with E-state index in [9.17, 15) is 9.18 Å². The van der Waals surface area contributed by atoms with Crippen LogP contribution in [0.2, 0.25) is 0 Å². The topological polar surface area (TPSA) is 96.5 Å². The van der Waals surface area contributed by atoms with Gasteiger partial charge in [0.1, 0.15) is 18.5 Å². The fourth-order valence-electron chi connectivity index (χ4n) is 5.54. The van der Waals surface area contributed by atoms with Gasteiger partial charge in [-0.1, -0.05) is 22.0 Å². The molecule has 0 unspecified atom stereocenters. The van der Waals surface area contributed by atoms with Crippen molar-refractivity contribution >= 4 is 32.9 Å². The standard InChI is InChI=1S/C33H34BrFN6O4/c1-3-40-21-36-17-25(40)18-41-29-15-22(33(42)43-2)7-9-28(29)38-31(41)19-39-13-11-26(12-14-39)45-32-6-4-5-24(37-32)20-44-30-10-8-23(34)16-27(30)35/h4-10,15-17,21,26H,3,11-14,18-20H2,1-2H3. The molecule has 0 N–H and O–H groups in total. The number of piperidine rings is 1. The maximum Gasteiger partial charge on any atom is 0.337 e. The van der Waals surface area contributed by atoms with Gasteiger partial charge in [0.2, 0.25) is 5.88 Å². The number of benzene rings is 2. The van der Waals surface area contributed by atoms with Gasteiger partial charge in [-0.05, 0) is 62.2 Å². The molecule has 0 amide bonds. The molecule has 1 aliphatic heterocycles. The molecule has 0 aliphatic carbocycles. The SMILES string of the molecule is CCn1cncc1Cn1c(CN2CCC(Oc3cccc(COc4ccc(Br)cc4F)n3)CC2)nc2ccc(C(=O)OC)cc21. The van der Waals surface area contributed by atoms with Crippen LogP contribution in [0.3, 0.4) is 0 Å². The maximum absolute atomic E-state index is 14.1. The Labute approximate surface area is 268 Å². The molecule has 0 atom stereocenters. The third-order valence-electron chi connectivity index (χ3n) is 7.95. The number of likely N-dealkylation sites (tertiary alicyclic amines) is 1. The van der Waals surface area contributed by atoms with Gasteiger partial charge in [0.25, 0.3) is 0 Å². The van der Waals surface area contributed by atoms with Crippen molar-refractivity contribution in [1.82, 2.24) is 29.0 Å². The van der Waals surface area contributed by atoms with Crippen molar-refractivity contribution in [3.05, 3.63) is 100 Å². The first-order chi connectivity index (χ1) is 21.9. The Morgan fingerprint density at radius 2 is 1.91 bits per heavy atom. The molecule has 1 fully saturated rings. The molecule has 0 radical (unpaired) electrons. The molecule has 0 saturated carbocycles. The van der Waals surface area contributed by atoms with Gasteiger partial charge in [-0.2, -0.15) is 0 Å². The summed E-state index contributed by atoms with van der Waals surface area (Å²) in [5.74, 6) is 0.816. The zero-order valence-corrected chi connectivity index (χ0v) is 26.7. The van der Waals surface area contributed by atoms with E-state index in [1.54, 1.807) is 18.2 Å². The molecular formula is C33H34BrFN6O4. The van der Waals surface area contributed by atoms with E-state index in [1.165, 1.54) is 13.2 Å². The smallest absolute Gasteiger partial charge is 0.337 e. The molecule has 4 heterocycles. The molecule has 10 nitrogen and oxygen atoms in total. The highest BCUT2D eigenvalue weighted by Crippen LogP contribution is 2.25. The van der Waals surface area contributed by atoms with E-state index in [4.69, 9.17) is 19.2 Å². The molecule has 0 spiro atoms. The quantitative estimate of drug-likeness (QED) is 0.157. The highest BCUT2D eigenvalue weighted by atomic mass is 79.9. The second-order valence-electron chi connectivity index (χ2n) is 10.9. The number of rotatable bonds is 11. The largest absolute Gasteiger partial charge is 0.484 e. The lowest BCUT2D eigenvalue weighted by Gasteiger charge is -2.31. The summed E-state index contributed by atoms with van der Waals surface area (Å²) in [6, 6.07) is 15.7. The number of carbonyl (C=O) groups is 1. The van der Waals surface area contributed by atoms with Crippen LogP contribution in [0.4, 0.5) is 4.39 Å². The summed E-state index contributed by atoms with van der Waals surface area (Å²) in [4.78, 5) is 28.6. The first-order valence-corrected chi connectivity index (χ1v) is 15.7. The van der Waals surface area contributed by atoms with Crippen molar-refractivity contribution in [3.8, 4) is 11.6 Å². The number of fused-ring (bicyclic) bond motifs is 1. The second kappa shape index (κ2) is 13.8. The van der Waals surface area contributed by atoms with Gasteiger partial charge in [0.05, 0.1) is 54.5 Å². The van der Waals surface area contributed by atoms with Gasteiger partial charge in [-0.15, -0.1) is 0 Å². The van der Waals surface area contributed by atoms with Crippen molar-refractivity contribution in [1.29, 1.82) is 0 Å². The normalized spacial score (nSPS) is 14.1. The Morgan fingerprint density at radius 1 is 1.07 bits per heavy atom. The third-order valence-corrected chi connectivity index (χ3v) is 8.44. The van der Waals surface area contributed by atoms with Crippen molar-refractivity contribution in [2.45, 2.75) is 52.1 Å². The maximum atomic E-state index is 14.1. The average molecular weight is 678 g/mol. The summed E-state index contributed by atoms with van der Waals surface area (Å²) in [7, 11) is 1.39. The lowest BCUT2D eigenvalue weighted by Crippen LogP contribution is -2.38. The number of halogens is 2. The number of aryl methyl sites for hydroxylation is 1. The molecule has 2 aromatic carbocycles. The Kier molecular flexibility index (Phi) is 9.41. The minimum atomic E-state index is -0.433. The van der Waals surface area contributed by atoms with E-state index in [0.717, 1.165) is 55.0 Å². The van der Waals surface area contributed by atoms with E-state index >= 15 is 0 Å². The summed E-state index contributed by atoms with van der Waals surface area (Å²) >= 11 is 3.26. The van der Waals surface area contributed by atoms with E-state index < -0.39 is 5.82 Å². The molecule has 0 bridgehead atoms. The first kappa shape index (κ1) is 30.7. The van der Waals surface area contributed by atoms with Crippen LogP contribution < -0.4 is 9.47 Å². The van der Waals surface area contributed by atoms with Crippen LogP contribution in [0.1, 0.15) is 47.3 Å². The molecule has 1 saturated heterocycles. The zero-order chi connectivity index (χ0) is 31.3. The minimum absolute atomic E-state index is 0.0224. The summed E-state index contributed by atoms with van der Waals surface area (Å²) in [5, 5.41) is 0. The van der Waals surface area contributed by atoms with Gasteiger partial charge in [-0.3, -0.25) is 4.90 Å². The predicted molar refractivity (Wildman–Crippen MR) is 170 cm³/mol. The molecule has 1 aliphatic rings. The van der Waals surface area contributed by atoms with Crippen molar-refractivity contribution in [2.24, 2.45) is 0 Å². The Morgan fingerprint density at radius 3 is 2.69 bits per heavy atom. The van der Waals surface area contributed by atoms with Gasteiger partial charge in [0.15, 0.2) is 11.6 Å². The van der Waals surface area contributed by atoms with Crippen LogP contribution in [0.25, 0.3) is 11.0 Å². The number of hydrogen-bond acceptors (Lipinski definition) is 8. The van der Waals surface area contributed by atoms with Gasteiger partial charge in [0, 0.05) is 36.4 Å². The summed E-state index contributed by atoms with van der Waals surface area (Å²) < 4.78 is 35.9. The second-order valence-corrected chi connectivity index (χ2v) is 11.8. The number of nitrogens with zero attached hydrogens (tertiary/aromatic N) is 6. The average Bonchev–Trinajstić information content (AvgIpc) is 3.65. The molecule has 12 heteroatoms. The Balaban J connectivity index is 1.11. The van der Waals surface area contributed by atoms with Crippen molar-refractivity contribution in [3.63, 3.8) is 0 Å². The summed E-state index contributed by atoms with van der Waals surface area (Å²) in [6.45, 7) is 5.95. The number of carbonyl (C=O) groups excluding carboxylic acids is 1. The summed E-state index contributed by atoms with van der Waals surface area (Å²) in [6.07, 6.45) is 5.40. The monoisotopic (exact) mass is 676 g/mol. The zero-order valence-electron chi connectivity index (χ0n) is 25.2. The number of aromatic nitrogens is 5. The Bertz CT molecular complexity index is 1800. The van der Waals surface area contributed by atoms with E-state index in [0.29, 0.717) is 34.7 Å². The van der Waals surface area contributed by atoms with E-state index in [2.05, 4.69) is 46.9 Å². The number of hydrogen-bond donors (Lipinski definition) is 0. The lowest BCUT2D eigenvalue weighted by molar-refractivity contribution is 0.0601. The Hall–Kier alpha value is -4.29. The molecule has 5 aromatic rings. The van der Waals surface area contributed by atoms with Crippen LogP contribution in [0.15, 0.2) is 71.6 Å². The van der Waals surface area contributed by atoms with E-state index in [1.807, 2.05) is 42.9 Å². The van der Waals surface area contributed by atoms with Gasteiger partial charge < -0.3 is 23.3 Å². The minimum Gasteiger partial charge on any atom is -0.484 e. The number of imidazole rings is 2. The number of ether oxygens (including phenoxy) is 3. The first-order valence-electron chi connectivity index (χ1n) is 14.9.